The van der Waals surface area contributed by atoms with Crippen molar-refractivity contribution in [3.8, 4) is 5.75 Å². The number of carbonyl (C=O) groups excluding carboxylic acids is 3. The standard InChI is InChI=1S/C28H25ClN2O6/c1-3-13-37-28(35)17-7-5-9-19(14-17)31-24(18-8-6-12-30-16-18)23(26(33)27(31)34)25(32)21-15-20(36-4-2)10-11-22(21)29/h5-12,14-16,24,32H,3-4,13H2,1-2H3/b25-23+. The molecule has 37 heavy (non-hydrogen) atoms. The molecule has 1 amide bonds. The van der Waals surface area contributed by atoms with Crippen molar-refractivity contribution in [1.29, 1.82) is 0 Å². The number of aliphatic hydroxyl groups is 1. The third kappa shape index (κ3) is 5.20. The first kappa shape index (κ1) is 25.9. The number of anilines is 1. The molecule has 0 saturated carbocycles. The number of benzene rings is 2. The summed E-state index contributed by atoms with van der Waals surface area (Å²) in [6.07, 6.45) is 3.73. The number of aliphatic hydroxyl groups excluding tert-OH is 1. The lowest BCUT2D eigenvalue weighted by molar-refractivity contribution is -0.132. The number of rotatable bonds is 8. The average molecular weight is 521 g/mol. The Kier molecular flexibility index (Phi) is 7.89. The number of hydrogen-bond acceptors (Lipinski definition) is 7. The Labute approximate surface area is 219 Å². The third-order valence-corrected chi connectivity index (χ3v) is 6.08. The number of ketones is 1. The Balaban J connectivity index is 1.88. The second kappa shape index (κ2) is 11.3. The second-order valence-corrected chi connectivity index (χ2v) is 8.62. The van der Waals surface area contributed by atoms with E-state index in [4.69, 9.17) is 21.1 Å². The zero-order chi connectivity index (χ0) is 26.5. The van der Waals surface area contributed by atoms with E-state index >= 15 is 0 Å². The van der Waals surface area contributed by atoms with Crippen LogP contribution in [0.15, 0.2) is 72.6 Å². The molecule has 0 radical (unpaired) electrons. The van der Waals surface area contributed by atoms with Gasteiger partial charge in [-0.1, -0.05) is 30.7 Å². The van der Waals surface area contributed by atoms with Gasteiger partial charge in [-0.25, -0.2) is 4.79 Å². The molecule has 3 aromatic rings. The molecule has 1 unspecified atom stereocenters. The summed E-state index contributed by atoms with van der Waals surface area (Å²) in [6.45, 7) is 4.34. The first-order valence-corrected chi connectivity index (χ1v) is 12.2. The topological polar surface area (TPSA) is 106 Å². The van der Waals surface area contributed by atoms with Crippen LogP contribution in [0.3, 0.4) is 0 Å². The summed E-state index contributed by atoms with van der Waals surface area (Å²) in [6, 6.07) is 13.3. The zero-order valence-corrected chi connectivity index (χ0v) is 21.1. The molecule has 4 rings (SSSR count). The SMILES string of the molecule is CCCOC(=O)c1cccc(N2C(=O)C(=O)/C(=C(/O)c3cc(OCC)ccc3Cl)C2c2cccnc2)c1. The van der Waals surface area contributed by atoms with Gasteiger partial charge >= 0.3 is 5.97 Å². The normalized spacial score (nSPS) is 16.6. The summed E-state index contributed by atoms with van der Waals surface area (Å²) in [4.78, 5) is 44.6. The number of aromatic nitrogens is 1. The molecule has 1 aromatic heterocycles. The molecule has 9 heteroatoms. The van der Waals surface area contributed by atoms with Crippen LogP contribution in [0.2, 0.25) is 5.02 Å². The Morgan fingerprint density at radius 1 is 1.11 bits per heavy atom. The van der Waals surface area contributed by atoms with E-state index in [1.54, 1.807) is 48.7 Å². The number of esters is 1. The van der Waals surface area contributed by atoms with Crippen molar-refractivity contribution in [3.63, 3.8) is 0 Å². The van der Waals surface area contributed by atoms with E-state index in [9.17, 15) is 19.5 Å². The lowest BCUT2D eigenvalue weighted by atomic mass is 9.96. The first-order chi connectivity index (χ1) is 17.9. The third-order valence-electron chi connectivity index (χ3n) is 5.75. The van der Waals surface area contributed by atoms with Crippen LogP contribution in [0.4, 0.5) is 5.69 Å². The van der Waals surface area contributed by atoms with Gasteiger partial charge in [0.1, 0.15) is 11.5 Å². The number of hydrogen-bond donors (Lipinski definition) is 1. The van der Waals surface area contributed by atoms with Gasteiger partial charge in [-0.15, -0.1) is 0 Å². The first-order valence-electron chi connectivity index (χ1n) is 11.8. The summed E-state index contributed by atoms with van der Waals surface area (Å²) in [5.41, 5.74) is 0.989. The summed E-state index contributed by atoms with van der Waals surface area (Å²) in [5, 5.41) is 11.5. The number of ether oxygens (including phenoxy) is 2. The Hall–Kier alpha value is -4.17. The van der Waals surface area contributed by atoms with Crippen molar-refractivity contribution in [2.45, 2.75) is 26.3 Å². The van der Waals surface area contributed by atoms with Gasteiger partial charge in [0.25, 0.3) is 11.7 Å². The van der Waals surface area contributed by atoms with Gasteiger partial charge in [0.15, 0.2) is 0 Å². The van der Waals surface area contributed by atoms with Gasteiger partial charge < -0.3 is 14.6 Å². The number of carbonyl (C=O) groups is 3. The molecule has 2 heterocycles. The number of amides is 1. The fraction of sp³-hybridized carbons (Fsp3) is 0.214. The highest BCUT2D eigenvalue weighted by Gasteiger charge is 2.47. The molecule has 1 saturated heterocycles. The van der Waals surface area contributed by atoms with Crippen molar-refractivity contribution in [3.05, 3.63) is 94.3 Å². The lowest BCUT2D eigenvalue weighted by Crippen LogP contribution is -2.29. The molecule has 0 spiro atoms. The van der Waals surface area contributed by atoms with Crippen molar-refractivity contribution in [2.24, 2.45) is 0 Å². The molecular formula is C28H25ClN2O6. The smallest absolute Gasteiger partial charge is 0.338 e. The molecule has 1 atom stereocenters. The molecule has 0 aliphatic carbocycles. The Morgan fingerprint density at radius 3 is 2.62 bits per heavy atom. The average Bonchev–Trinajstić information content (AvgIpc) is 3.18. The van der Waals surface area contributed by atoms with E-state index in [0.717, 1.165) is 0 Å². The van der Waals surface area contributed by atoms with Crippen LogP contribution in [-0.2, 0) is 14.3 Å². The van der Waals surface area contributed by atoms with E-state index in [2.05, 4.69) is 4.98 Å². The lowest BCUT2D eigenvalue weighted by Gasteiger charge is -2.25. The van der Waals surface area contributed by atoms with Gasteiger partial charge in [-0.2, -0.15) is 0 Å². The maximum Gasteiger partial charge on any atom is 0.338 e. The maximum absolute atomic E-state index is 13.4. The molecule has 1 aliphatic rings. The van der Waals surface area contributed by atoms with Crippen molar-refractivity contribution in [1.82, 2.24) is 4.98 Å². The van der Waals surface area contributed by atoms with E-state index in [1.807, 2.05) is 13.8 Å². The largest absolute Gasteiger partial charge is 0.507 e. The number of pyridine rings is 1. The van der Waals surface area contributed by atoms with Gasteiger partial charge in [-0.3, -0.25) is 19.5 Å². The number of nitrogens with zero attached hydrogens (tertiary/aromatic N) is 2. The molecule has 8 nitrogen and oxygen atoms in total. The molecular weight excluding hydrogens is 496 g/mol. The van der Waals surface area contributed by atoms with Crippen LogP contribution in [0, 0.1) is 0 Å². The monoisotopic (exact) mass is 520 g/mol. The molecule has 0 bridgehead atoms. The van der Waals surface area contributed by atoms with Gasteiger partial charge in [0.2, 0.25) is 0 Å². The minimum atomic E-state index is -1.03. The number of Topliss-reactive ketones (excluding diaryl/α,β-unsaturated/α-hetero) is 1. The Morgan fingerprint density at radius 2 is 1.92 bits per heavy atom. The van der Waals surface area contributed by atoms with E-state index in [-0.39, 0.29) is 34.0 Å². The summed E-state index contributed by atoms with van der Waals surface area (Å²) < 4.78 is 10.7. The highest BCUT2D eigenvalue weighted by Crippen LogP contribution is 2.43. The quantitative estimate of drug-likeness (QED) is 0.185. The minimum absolute atomic E-state index is 0.149. The van der Waals surface area contributed by atoms with Gasteiger partial charge in [0.05, 0.1) is 35.4 Å². The fourth-order valence-corrected chi connectivity index (χ4v) is 4.31. The summed E-state index contributed by atoms with van der Waals surface area (Å²) >= 11 is 6.37. The van der Waals surface area contributed by atoms with Crippen LogP contribution >= 0.6 is 11.6 Å². The van der Waals surface area contributed by atoms with Crippen LogP contribution in [0.5, 0.6) is 5.75 Å². The van der Waals surface area contributed by atoms with Gasteiger partial charge in [-0.05, 0) is 61.4 Å². The number of halogens is 1. The molecule has 1 fully saturated rings. The summed E-state index contributed by atoms with van der Waals surface area (Å²) in [7, 11) is 0. The highest BCUT2D eigenvalue weighted by molar-refractivity contribution is 6.52. The molecule has 2 aromatic carbocycles. The second-order valence-electron chi connectivity index (χ2n) is 8.22. The van der Waals surface area contributed by atoms with Crippen LogP contribution in [0.1, 0.15) is 47.8 Å². The predicted molar refractivity (Wildman–Crippen MR) is 139 cm³/mol. The van der Waals surface area contributed by atoms with E-state index in [1.165, 1.54) is 23.2 Å². The van der Waals surface area contributed by atoms with Crippen molar-refractivity contribution >= 4 is 40.7 Å². The maximum atomic E-state index is 13.4. The van der Waals surface area contributed by atoms with E-state index in [0.29, 0.717) is 24.3 Å². The molecule has 1 aliphatic heterocycles. The van der Waals surface area contributed by atoms with Crippen LogP contribution in [0.25, 0.3) is 5.76 Å². The molecule has 1 N–H and O–H groups in total. The predicted octanol–water partition coefficient (Wildman–Crippen LogP) is 5.33. The van der Waals surface area contributed by atoms with Crippen molar-refractivity contribution in [2.75, 3.05) is 18.1 Å². The molecule has 190 valence electrons. The Bertz CT molecular complexity index is 1370. The van der Waals surface area contributed by atoms with Crippen LogP contribution in [-0.4, -0.2) is 41.0 Å². The highest BCUT2D eigenvalue weighted by atomic mass is 35.5. The minimum Gasteiger partial charge on any atom is -0.507 e. The van der Waals surface area contributed by atoms with Gasteiger partial charge in [0, 0.05) is 23.6 Å². The van der Waals surface area contributed by atoms with Crippen LogP contribution < -0.4 is 9.64 Å². The van der Waals surface area contributed by atoms with E-state index < -0.39 is 29.5 Å². The fourth-order valence-electron chi connectivity index (χ4n) is 4.10. The van der Waals surface area contributed by atoms with Crippen molar-refractivity contribution < 1.29 is 29.0 Å². The zero-order valence-electron chi connectivity index (χ0n) is 20.3. The summed E-state index contributed by atoms with van der Waals surface area (Å²) in [5.74, 6) is -2.31.